The van der Waals surface area contributed by atoms with Gasteiger partial charge in [-0.3, -0.25) is 19.8 Å². The molecule has 30 heavy (non-hydrogen) atoms. The van der Waals surface area contributed by atoms with Gasteiger partial charge in [-0.1, -0.05) is 31.5 Å². The Bertz CT molecular complexity index is 1060. The molecule has 1 N–H and O–H groups in total. The Labute approximate surface area is 182 Å². The molecule has 2 aromatic carbocycles. The van der Waals surface area contributed by atoms with Crippen LogP contribution in [0.25, 0.3) is 6.08 Å². The van der Waals surface area contributed by atoms with E-state index in [0.717, 1.165) is 30.6 Å². The first kappa shape index (κ1) is 20.3. The zero-order valence-electron chi connectivity index (χ0n) is 17.3. The van der Waals surface area contributed by atoms with Crippen molar-refractivity contribution in [1.82, 2.24) is 5.32 Å². The number of anilines is 2. The molecular formula is C24H25N3O2S. The molecule has 0 saturated carbocycles. The Hall–Kier alpha value is -2.99. The molecule has 1 fully saturated rings. The standard InChI is InChI=1S/C24H25N3O2S/c1-3-4-11-26-12-10-18-14-17(8-9-21(18)26)15-20-22(28)25-24(30)27(23(20)29)19-7-5-6-16(2)13-19/h5-9,13-15H,3-4,10-12H2,1-2H3,(H,25,28,30)/b20-15+. The van der Waals surface area contributed by atoms with E-state index in [0.29, 0.717) is 5.69 Å². The molecule has 154 valence electrons. The van der Waals surface area contributed by atoms with Gasteiger partial charge in [-0.2, -0.15) is 0 Å². The molecule has 2 aromatic rings. The number of carbonyl (C=O) groups is 2. The number of hydrogen-bond donors (Lipinski definition) is 1. The number of amides is 2. The van der Waals surface area contributed by atoms with Crippen molar-refractivity contribution in [1.29, 1.82) is 0 Å². The van der Waals surface area contributed by atoms with Crippen LogP contribution in [0.3, 0.4) is 0 Å². The summed E-state index contributed by atoms with van der Waals surface area (Å²) in [5.41, 5.74) is 5.11. The number of rotatable bonds is 5. The fourth-order valence-electron chi connectivity index (χ4n) is 3.99. The van der Waals surface area contributed by atoms with Gasteiger partial charge in [0.2, 0.25) is 0 Å². The van der Waals surface area contributed by atoms with Crippen LogP contribution in [-0.2, 0) is 16.0 Å². The Morgan fingerprint density at radius 3 is 2.77 bits per heavy atom. The van der Waals surface area contributed by atoms with Gasteiger partial charge in [0.15, 0.2) is 5.11 Å². The third kappa shape index (κ3) is 3.87. The third-order valence-corrected chi connectivity index (χ3v) is 5.83. The number of benzene rings is 2. The molecule has 0 aromatic heterocycles. The summed E-state index contributed by atoms with van der Waals surface area (Å²) < 4.78 is 0. The Kier molecular flexibility index (Phi) is 5.68. The van der Waals surface area contributed by atoms with E-state index in [4.69, 9.17) is 12.2 Å². The molecule has 6 heteroatoms. The number of nitrogens with one attached hydrogen (secondary N) is 1. The van der Waals surface area contributed by atoms with Gasteiger partial charge in [0.05, 0.1) is 5.69 Å². The summed E-state index contributed by atoms with van der Waals surface area (Å²) in [5, 5.41) is 2.76. The monoisotopic (exact) mass is 419 g/mol. The summed E-state index contributed by atoms with van der Waals surface area (Å²) in [5.74, 6) is -0.863. The zero-order chi connectivity index (χ0) is 21.3. The maximum atomic E-state index is 13.2. The zero-order valence-corrected chi connectivity index (χ0v) is 18.1. The number of aryl methyl sites for hydroxylation is 1. The lowest BCUT2D eigenvalue weighted by Gasteiger charge is -2.29. The summed E-state index contributed by atoms with van der Waals surface area (Å²) in [4.78, 5) is 29.5. The topological polar surface area (TPSA) is 52.7 Å². The minimum atomic E-state index is -0.459. The van der Waals surface area contributed by atoms with Gasteiger partial charge in [0.1, 0.15) is 5.57 Å². The largest absolute Gasteiger partial charge is 0.371 e. The summed E-state index contributed by atoms with van der Waals surface area (Å²) in [6, 6.07) is 13.7. The van der Waals surface area contributed by atoms with Crippen LogP contribution < -0.4 is 15.1 Å². The van der Waals surface area contributed by atoms with E-state index in [9.17, 15) is 9.59 Å². The van der Waals surface area contributed by atoms with Crippen LogP contribution in [0.2, 0.25) is 0 Å². The molecule has 5 nitrogen and oxygen atoms in total. The lowest BCUT2D eigenvalue weighted by atomic mass is 10.0. The van der Waals surface area contributed by atoms with Gasteiger partial charge >= 0.3 is 0 Å². The number of fused-ring (bicyclic) bond motifs is 1. The van der Waals surface area contributed by atoms with Crippen LogP contribution in [0.5, 0.6) is 0 Å². The lowest BCUT2D eigenvalue weighted by molar-refractivity contribution is -0.122. The van der Waals surface area contributed by atoms with E-state index in [1.165, 1.54) is 29.0 Å². The van der Waals surface area contributed by atoms with Crippen molar-refractivity contribution in [2.75, 3.05) is 22.9 Å². The van der Waals surface area contributed by atoms with Gasteiger partial charge in [-0.05, 0) is 79.0 Å². The first-order chi connectivity index (χ1) is 14.5. The highest BCUT2D eigenvalue weighted by atomic mass is 32.1. The van der Waals surface area contributed by atoms with E-state index in [1.807, 2.05) is 37.3 Å². The van der Waals surface area contributed by atoms with Gasteiger partial charge in [-0.15, -0.1) is 0 Å². The van der Waals surface area contributed by atoms with Crippen molar-refractivity contribution in [3.63, 3.8) is 0 Å². The van der Waals surface area contributed by atoms with Crippen LogP contribution >= 0.6 is 12.2 Å². The molecule has 0 unspecified atom stereocenters. The van der Waals surface area contributed by atoms with Crippen LogP contribution in [-0.4, -0.2) is 30.0 Å². The number of unbranched alkanes of at least 4 members (excludes halogenated alkanes) is 1. The maximum absolute atomic E-state index is 13.2. The highest BCUT2D eigenvalue weighted by Gasteiger charge is 2.34. The second-order valence-electron chi connectivity index (χ2n) is 7.78. The first-order valence-electron chi connectivity index (χ1n) is 10.3. The van der Waals surface area contributed by atoms with E-state index in [2.05, 4.69) is 29.3 Å². The van der Waals surface area contributed by atoms with Crippen LogP contribution in [0.1, 0.15) is 36.5 Å². The molecule has 2 heterocycles. The van der Waals surface area contributed by atoms with Gasteiger partial charge in [-0.25, -0.2) is 0 Å². The van der Waals surface area contributed by atoms with Crippen molar-refractivity contribution in [3.05, 3.63) is 64.7 Å². The third-order valence-electron chi connectivity index (χ3n) is 5.55. The SMILES string of the molecule is CCCCN1CCc2cc(/C=C3\C(=O)NC(=S)N(c4cccc(C)c4)C3=O)ccc21. The van der Waals surface area contributed by atoms with Gasteiger partial charge < -0.3 is 4.90 Å². The van der Waals surface area contributed by atoms with Crippen LogP contribution in [0.4, 0.5) is 11.4 Å². The summed E-state index contributed by atoms with van der Waals surface area (Å²) >= 11 is 5.28. The second kappa shape index (κ2) is 8.40. The predicted molar refractivity (Wildman–Crippen MR) is 125 cm³/mol. The van der Waals surface area contributed by atoms with Crippen molar-refractivity contribution >= 4 is 46.6 Å². The Morgan fingerprint density at radius 1 is 1.17 bits per heavy atom. The molecule has 0 spiro atoms. The van der Waals surface area contributed by atoms with E-state index < -0.39 is 11.8 Å². The molecule has 0 radical (unpaired) electrons. The summed E-state index contributed by atoms with van der Waals surface area (Å²) in [6.07, 6.45) is 4.99. The smallest absolute Gasteiger partial charge is 0.270 e. The van der Waals surface area contributed by atoms with Crippen molar-refractivity contribution < 1.29 is 9.59 Å². The fraction of sp³-hybridized carbons (Fsp3) is 0.292. The minimum Gasteiger partial charge on any atom is -0.371 e. The fourth-order valence-corrected chi connectivity index (χ4v) is 4.27. The molecule has 2 amide bonds. The molecule has 2 aliphatic rings. The predicted octanol–water partition coefficient (Wildman–Crippen LogP) is 3.99. The Balaban J connectivity index is 1.63. The molecular weight excluding hydrogens is 394 g/mol. The van der Waals surface area contributed by atoms with Gasteiger partial charge in [0.25, 0.3) is 11.8 Å². The number of nitrogens with zero attached hydrogens (tertiary/aromatic N) is 2. The minimum absolute atomic E-state index is 0.0888. The van der Waals surface area contributed by atoms with Gasteiger partial charge in [0, 0.05) is 18.8 Å². The van der Waals surface area contributed by atoms with Crippen molar-refractivity contribution in [2.45, 2.75) is 33.1 Å². The normalized spacial score (nSPS) is 17.5. The first-order valence-corrected chi connectivity index (χ1v) is 10.7. The van der Waals surface area contributed by atoms with Crippen LogP contribution in [0, 0.1) is 6.92 Å². The summed E-state index contributed by atoms with van der Waals surface area (Å²) in [7, 11) is 0. The number of hydrogen-bond acceptors (Lipinski definition) is 4. The van der Waals surface area contributed by atoms with Crippen molar-refractivity contribution in [2.24, 2.45) is 0 Å². The lowest BCUT2D eigenvalue weighted by Crippen LogP contribution is -2.54. The maximum Gasteiger partial charge on any atom is 0.270 e. The average Bonchev–Trinajstić information content (AvgIpc) is 3.11. The van der Waals surface area contributed by atoms with E-state index >= 15 is 0 Å². The number of thiocarbonyl (C=S) groups is 1. The van der Waals surface area contributed by atoms with Crippen LogP contribution in [0.15, 0.2) is 48.0 Å². The molecule has 1 saturated heterocycles. The average molecular weight is 420 g/mol. The number of carbonyl (C=O) groups excluding carboxylic acids is 2. The van der Waals surface area contributed by atoms with E-state index in [1.54, 1.807) is 6.08 Å². The van der Waals surface area contributed by atoms with E-state index in [-0.39, 0.29) is 10.7 Å². The molecule has 0 aliphatic carbocycles. The molecule has 0 atom stereocenters. The Morgan fingerprint density at radius 2 is 2.00 bits per heavy atom. The molecule has 2 aliphatic heterocycles. The highest BCUT2D eigenvalue weighted by Crippen LogP contribution is 2.30. The molecule has 0 bridgehead atoms. The molecule has 4 rings (SSSR count). The second-order valence-corrected chi connectivity index (χ2v) is 8.16. The summed E-state index contributed by atoms with van der Waals surface area (Å²) in [6.45, 7) is 6.23. The highest BCUT2D eigenvalue weighted by molar-refractivity contribution is 7.80. The quantitative estimate of drug-likeness (QED) is 0.452. The van der Waals surface area contributed by atoms with Crippen molar-refractivity contribution in [3.8, 4) is 0 Å².